The normalized spacial score (nSPS) is 25.1. The molecule has 1 aliphatic carbocycles. The first-order chi connectivity index (χ1) is 8.28. The Bertz CT molecular complexity index is 324. The minimum atomic E-state index is 0.745. The van der Waals surface area contributed by atoms with Gasteiger partial charge in [-0.05, 0) is 44.1 Å². The minimum Gasteiger partial charge on any atom is -0.312 e. The van der Waals surface area contributed by atoms with E-state index < -0.39 is 0 Å². The molecule has 1 fully saturated rings. The number of rotatable bonds is 5. The summed E-state index contributed by atoms with van der Waals surface area (Å²) in [5.41, 5.74) is 1.24. The lowest BCUT2D eigenvalue weighted by molar-refractivity contribution is 0.283. The van der Waals surface area contributed by atoms with Crippen molar-refractivity contribution in [3.63, 3.8) is 0 Å². The number of hydrogen-bond acceptors (Lipinski definition) is 2. The first-order valence-electron chi connectivity index (χ1n) is 7.00. The van der Waals surface area contributed by atoms with E-state index in [-0.39, 0.29) is 0 Å². The monoisotopic (exact) mass is 235 g/mol. The molecule has 1 heterocycles. The predicted octanol–water partition coefficient (Wildman–Crippen LogP) is 2.75. The van der Waals surface area contributed by atoms with Crippen LogP contribution in [-0.4, -0.2) is 22.4 Å². The molecule has 2 rings (SSSR count). The summed E-state index contributed by atoms with van der Waals surface area (Å²) in [5.74, 6) is 0.988. The Morgan fingerprint density at radius 2 is 2.12 bits per heavy atom. The average molecular weight is 235 g/mol. The van der Waals surface area contributed by atoms with Gasteiger partial charge < -0.3 is 5.32 Å². The molecule has 1 aliphatic rings. The van der Waals surface area contributed by atoms with Gasteiger partial charge in [0.15, 0.2) is 0 Å². The molecule has 1 saturated carbocycles. The number of hydrogen-bond donors (Lipinski definition) is 1. The highest BCUT2D eigenvalue weighted by molar-refractivity contribution is 4.99. The van der Waals surface area contributed by atoms with E-state index in [4.69, 9.17) is 0 Å². The molecule has 0 spiro atoms. The molecule has 1 aromatic heterocycles. The summed E-state index contributed by atoms with van der Waals surface area (Å²) < 4.78 is 2.03. The van der Waals surface area contributed by atoms with Crippen LogP contribution in [-0.2, 0) is 6.54 Å². The van der Waals surface area contributed by atoms with Crippen LogP contribution < -0.4 is 5.32 Å². The zero-order valence-corrected chi connectivity index (χ0v) is 11.2. The summed E-state index contributed by atoms with van der Waals surface area (Å²) in [6.07, 6.45) is 10.9. The van der Waals surface area contributed by atoms with Gasteiger partial charge in [-0.3, -0.25) is 4.68 Å². The van der Waals surface area contributed by atoms with Crippen molar-refractivity contribution in [3.05, 3.63) is 18.0 Å². The van der Waals surface area contributed by atoms with Gasteiger partial charge in [-0.15, -0.1) is 0 Å². The maximum Gasteiger partial charge on any atom is 0.0534 e. The van der Waals surface area contributed by atoms with Crippen LogP contribution >= 0.6 is 0 Å². The van der Waals surface area contributed by atoms with Gasteiger partial charge in [-0.1, -0.05) is 13.3 Å². The first-order valence-corrected chi connectivity index (χ1v) is 7.00. The molecule has 0 unspecified atom stereocenters. The van der Waals surface area contributed by atoms with Crippen LogP contribution in [0.25, 0.3) is 0 Å². The Balaban J connectivity index is 1.63. The van der Waals surface area contributed by atoms with Gasteiger partial charge in [0.25, 0.3) is 0 Å². The molecule has 0 bridgehead atoms. The van der Waals surface area contributed by atoms with Crippen LogP contribution in [0.4, 0.5) is 0 Å². The third kappa shape index (κ3) is 3.84. The van der Waals surface area contributed by atoms with E-state index in [0.29, 0.717) is 0 Å². The lowest BCUT2D eigenvalue weighted by Crippen LogP contribution is -2.35. The van der Waals surface area contributed by atoms with Crippen LogP contribution in [0.2, 0.25) is 0 Å². The molecule has 3 nitrogen and oxygen atoms in total. The molecule has 0 amide bonds. The molecular formula is C14H25N3. The average Bonchev–Trinajstić information content (AvgIpc) is 2.76. The van der Waals surface area contributed by atoms with Gasteiger partial charge >= 0.3 is 0 Å². The van der Waals surface area contributed by atoms with Crippen LogP contribution in [0.3, 0.4) is 0 Å². The van der Waals surface area contributed by atoms with E-state index >= 15 is 0 Å². The van der Waals surface area contributed by atoms with E-state index in [9.17, 15) is 0 Å². The van der Waals surface area contributed by atoms with Crippen molar-refractivity contribution >= 4 is 0 Å². The maximum absolute atomic E-state index is 4.30. The Morgan fingerprint density at radius 1 is 1.35 bits per heavy atom. The summed E-state index contributed by atoms with van der Waals surface area (Å²) >= 11 is 0. The second kappa shape index (κ2) is 6.20. The highest BCUT2D eigenvalue weighted by Gasteiger charge is 2.18. The number of nitrogens with one attached hydrogen (secondary N) is 1. The fraction of sp³-hybridized carbons (Fsp3) is 0.786. The first kappa shape index (κ1) is 12.6. The number of aryl methyl sites for hydroxylation is 1. The zero-order chi connectivity index (χ0) is 12.1. The SMILES string of the molecule is CCC1CCC(NCCn2cc(C)cn2)CC1. The summed E-state index contributed by atoms with van der Waals surface area (Å²) in [5, 5.41) is 7.96. The lowest BCUT2D eigenvalue weighted by Gasteiger charge is -2.28. The Morgan fingerprint density at radius 3 is 2.71 bits per heavy atom. The summed E-state index contributed by atoms with van der Waals surface area (Å²) in [4.78, 5) is 0. The van der Waals surface area contributed by atoms with Gasteiger partial charge in [0.05, 0.1) is 12.7 Å². The van der Waals surface area contributed by atoms with Crippen LogP contribution in [0, 0.1) is 12.8 Å². The van der Waals surface area contributed by atoms with Crippen molar-refractivity contribution in [2.45, 2.75) is 58.5 Å². The molecule has 3 heteroatoms. The number of nitrogens with zero attached hydrogens (tertiary/aromatic N) is 2. The van der Waals surface area contributed by atoms with E-state index in [1.54, 1.807) is 0 Å². The Kier molecular flexibility index (Phi) is 4.60. The minimum absolute atomic E-state index is 0.745. The van der Waals surface area contributed by atoms with Crippen molar-refractivity contribution in [1.29, 1.82) is 0 Å². The molecule has 1 aromatic rings. The maximum atomic E-state index is 4.30. The summed E-state index contributed by atoms with van der Waals surface area (Å²) in [6, 6.07) is 0.745. The van der Waals surface area contributed by atoms with Gasteiger partial charge in [0, 0.05) is 18.8 Å². The van der Waals surface area contributed by atoms with E-state index in [1.165, 1.54) is 37.7 Å². The smallest absolute Gasteiger partial charge is 0.0534 e. The van der Waals surface area contributed by atoms with Crippen LogP contribution in [0.5, 0.6) is 0 Å². The Labute approximate surface area is 105 Å². The van der Waals surface area contributed by atoms with Crippen LogP contribution in [0.1, 0.15) is 44.6 Å². The van der Waals surface area contributed by atoms with Gasteiger partial charge in [0.2, 0.25) is 0 Å². The molecular weight excluding hydrogens is 210 g/mol. The van der Waals surface area contributed by atoms with Crippen molar-refractivity contribution in [3.8, 4) is 0 Å². The Hall–Kier alpha value is -0.830. The quantitative estimate of drug-likeness (QED) is 0.850. The fourth-order valence-electron chi connectivity index (χ4n) is 2.75. The predicted molar refractivity (Wildman–Crippen MR) is 71.0 cm³/mol. The number of aromatic nitrogens is 2. The van der Waals surface area contributed by atoms with Crippen molar-refractivity contribution < 1.29 is 0 Å². The van der Waals surface area contributed by atoms with Gasteiger partial charge in [0.1, 0.15) is 0 Å². The highest BCUT2D eigenvalue weighted by atomic mass is 15.3. The molecule has 0 atom stereocenters. The topological polar surface area (TPSA) is 29.9 Å². The second-order valence-electron chi connectivity index (χ2n) is 5.36. The fourth-order valence-corrected chi connectivity index (χ4v) is 2.75. The van der Waals surface area contributed by atoms with Crippen molar-refractivity contribution in [2.75, 3.05) is 6.54 Å². The molecule has 17 heavy (non-hydrogen) atoms. The van der Waals surface area contributed by atoms with E-state index in [0.717, 1.165) is 25.0 Å². The summed E-state index contributed by atoms with van der Waals surface area (Å²) in [7, 11) is 0. The van der Waals surface area contributed by atoms with Crippen molar-refractivity contribution in [2.24, 2.45) is 5.92 Å². The third-order valence-electron chi connectivity index (χ3n) is 3.96. The molecule has 0 aromatic carbocycles. The molecule has 96 valence electrons. The van der Waals surface area contributed by atoms with Gasteiger partial charge in [-0.2, -0.15) is 5.10 Å². The highest BCUT2D eigenvalue weighted by Crippen LogP contribution is 2.26. The van der Waals surface area contributed by atoms with Gasteiger partial charge in [-0.25, -0.2) is 0 Å². The second-order valence-corrected chi connectivity index (χ2v) is 5.36. The van der Waals surface area contributed by atoms with E-state index in [2.05, 4.69) is 30.5 Å². The molecule has 0 aliphatic heterocycles. The standard InChI is InChI=1S/C14H25N3/c1-3-13-4-6-14(7-5-13)15-8-9-17-11-12(2)10-16-17/h10-11,13-15H,3-9H2,1-2H3. The summed E-state index contributed by atoms with van der Waals surface area (Å²) in [6.45, 7) is 6.44. The van der Waals surface area contributed by atoms with Crippen molar-refractivity contribution in [1.82, 2.24) is 15.1 Å². The lowest BCUT2D eigenvalue weighted by atomic mass is 9.84. The van der Waals surface area contributed by atoms with E-state index in [1.807, 2.05) is 10.9 Å². The van der Waals surface area contributed by atoms with Crippen LogP contribution in [0.15, 0.2) is 12.4 Å². The molecule has 0 saturated heterocycles. The molecule has 0 radical (unpaired) electrons. The third-order valence-corrected chi connectivity index (χ3v) is 3.96. The molecule has 1 N–H and O–H groups in total. The zero-order valence-electron chi connectivity index (χ0n) is 11.2. The largest absolute Gasteiger partial charge is 0.312 e.